The first-order chi connectivity index (χ1) is 9.90. The minimum atomic E-state index is -3.25. The summed E-state index contributed by atoms with van der Waals surface area (Å²) in [6, 6.07) is 2.64. The minimum absolute atomic E-state index is 0.0603. The van der Waals surface area contributed by atoms with Gasteiger partial charge in [0, 0.05) is 35.9 Å². The van der Waals surface area contributed by atoms with Crippen molar-refractivity contribution in [1.29, 1.82) is 0 Å². The number of nitrogens with two attached hydrogens (primary N) is 1. The van der Waals surface area contributed by atoms with Gasteiger partial charge in [0.15, 0.2) is 21.4 Å². The predicted molar refractivity (Wildman–Crippen MR) is 85.3 cm³/mol. The van der Waals surface area contributed by atoms with Gasteiger partial charge < -0.3 is 15.4 Å². The highest BCUT2D eigenvalue weighted by atomic mass is 32.2. The molecule has 0 aromatic heterocycles. The van der Waals surface area contributed by atoms with Crippen molar-refractivity contribution in [2.24, 2.45) is 0 Å². The van der Waals surface area contributed by atoms with Gasteiger partial charge in [-0.05, 0) is 0 Å². The molecule has 118 valence electrons. The first kappa shape index (κ1) is 16.2. The van der Waals surface area contributed by atoms with Gasteiger partial charge in [-0.3, -0.25) is 0 Å². The van der Waals surface area contributed by atoms with Gasteiger partial charge >= 0.3 is 0 Å². The van der Waals surface area contributed by atoms with E-state index in [1.54, 1.807) is 23.6 Å². The van der Waals surface area contributed by atoms with E-state index < -0.39 is 21.0 Å². The third-order valence-corrected chi connectivity index (χ3v) is 6.80. The average molecular weight is 334 g/mol. The van der Waals surface area contributed by atoms with Gasteiger partial charge in [-0.1, -0.05) is 6.92 Å². The Labute approximate surface area is 128 Å². The lowest BCUT2D eigenvalue weighted by Crippen LogP contribution is -2.48. The Kier molecular flexibility index (Phi) is 4.88. The molecule has 0 bridgehead atoms. The molecule has 1 aromatic carbocycles. The number of sulfone groups is 1. The topological polar surface area (TPSA) is 72.6 Å². The molecule has 1 aliphatic rings. The highest BCUT2D eigenvalue weighted by Gasteiger charge is 2.34. The summed E-state index contributed by atoms with van der Waals surface area (Å²) in [7, 11) is -1.88. The van der Waals surface area contributed by atoms with E-state index >= 15 is 0 Å². The van der Waals surface area contributed by atoms with Crippen LogP contribution in [-0.4, -0.2) is 44.7 Å². The molecule has 1 unspecified atom stereocenters. The van der Waals surface area contributed by atoms with E-state index in [0.717, 1.165) is 5.75 Å². The molecule has 1 aliphatic heterocycles. The molecular weight excluding hydrogens is 315 g/mol. The van der Waals surface area contributed by atoms with Crippen molar-refractivity contribution in [2.45, 2.75) is 12.3 Å². The largest absolute Gasteiger partial charge is 0.494 e. The van der Waals surface area contributed by atoms with Crippen molar-refractivity contribution in [3.63, 3.8) is 0 Å². The summed E-state index contributed by atoms with van der Waals surface area (Å²) >= 11 is 1.60. The maximum Gasteiger partial charge on any atom is 0.171 e. The molecule has 1 heterocycles. The normalized spacial score (nSPS) is 19.6. The Morgan fingerprint density at radius 3 is 2.86 bits per heavy atom. The molecule has 0 spiro atoms. The molecule has 1 saturated heterocycles. The van der Waals surface area contributed by atoms with Crippen LogP contribution in [0.15, 0.2) is 12.1 Å². The highest BCUT2D eigenvalue weighted by molar-refractivity contribution is 8.01. The SMILES string of the molecule is CCS(=O)(=O)C1CSCCN1c1cc(OC)c(F)cc1N. The number of nitrogen functional groups attached to an aromatic ring is 1. The molecule has 21 heavy (non-hydrogen) atoms. The third-order valence-electron chi connectivity index (χ3n) is 3.51. The summed E-state index contributed by atoms with van der Waals surface area (Å²) in [5, 5.41) is -0.640. The van der Waals surface area contributed by atoms with Crippen LogP contribution in [0.25, 0.3) is 0 Å². The van der Waals surface area contributed by atoms with Crippen LogP contribution in [0.5, 0.6) is 5.75 Å². The number of ether oxygens (including phenoxy) is 1. The van der Waals surface area contributed by atoms with Crippen LogP contribution < -0.4 is 15.4 Å². The van der Waals surface area contributed by atoms with E-state index in [1.165, 1.54) is 19.2 Å². The number of halogens is 1. The van der Waals surface area contributed by atoms with E-state index in [1.807, 2.05) is 0 Å². The summed E-state index contributed by atoms with van der Waals surface area (Å²) in [6.45, 7) is 2.18. The Morgan fingerprint density at radius 2 is 2.24 bits per heavy atom. The fraction of sp³-hybridized carbons (Fsp3) is 0.538. The van der Waals surface area contributed by atoms with Gasteiger partial charge in [-0.2, -0.15) is 11.8 Å². The molecule has 8 heteroatoms. The summed E-state index contributed by atoms with van der Waals surface area (Å²) in [6.07, 6.45) is 0. The Balaban J connectivity index is 2.47. The van der Waals surface area contributed by atoms with E-state index in [-0.39, 0.29) is 17.2 Å². The first-order valence-corrected chi connectivity index (χ1v) is 9.46. The molecule has 2 rings (SSSR count). The molecule has 0 amide bonds. The summed E-state index contributed by atoms with van der Waals surface area (Å²) in [5.41, 5.74) is 6.61. The number of anilines is 2. The molecule has 0 radical (unpaired) electrons. The van der Waals surface area contributed by atoms with E-state index in [2.05, 4.69) is 0 Å². The van der Waals surface area contributed by atoms with E-state index in [0.29, 0.717) is 18.0 Å². The van der Waals surface area contributed by atoms with Gasteiger partial charge in [-0.25, -0.2) is 12.8 Å². The minimum Gasteiger partial charge on any atom is -0.494 e. The second-order valence-corrected chi connectivity index (χ2v) is 8.32. The van der Waals surface area contributed by atoms with Crippen molar-refractivity contribution in [2.75, 3.05) is 41.5 Å². The number of thioether (sulfide) groups is 1. The van der Waals surface area contributed by atoms with Gasteiger partial charge in [0.05, 0.1) is 18.5 Å². The summed E-state index contributed by atoms with van der Waals surface area (Å²) in [4.78, 5) is 1.74. The van der Waals surface area contributed by atoms with Gasteiger partial charge in [0.1, 0.15) is 5.37 Å². The van der Waals surface area contributed by atoms with Crippen LogP contribution in [0.4, 0.5) is 15.8 Å². The molecule has 2 N–H and O–H groups in total. The molecule has 5 nitrogen and oxygen atoms in total. The number of methoxy groups -OCH3 is 1. The third kappa shape index (κ3) is 3.21. The smallest absolute Gasteiger partial charge is 0.171 e. The lowest BCUT2D eigenvalue weighted by molar-refractivity contribution is 0.386. The van der Waals surface area contributed by atoms with Crippen LogP contribution in [0.3, 0.4) is 0 Å². The van der Waals surface area contributed by atoms with Crippen molar-refractivity contribution < 1.29 is 17.5 Å². The van der Waals surface area contributed by atoms with Crippen molar-refractivity contribution >= 4 is 33.0 Å². The first-order valence-electron chi connectivity index (χ1n) is 6.59. The fourth-order valence-corrected chi connectivity index (χ4v) is 5.29. The van der Waals surface area contributed by atoms with Gasteiger partial charge in [-0.15, -0.1) is 0 Å². The Morgan fingerprint density at radius 1 is 1.52 bits per heavy atom. The Bertz CT molecular complexity index is 622. The maximum absolute atomic E-state index is 13.6. The number of hydrogen-bond donors (Lipinski definition) is 1. The van der Waals surface area contributed by atoms with Crippen LogP contribution in [-0.2, 0) is 9.84 Å². The molecular formula is C13H19FN2O3S2. The quantitative estimate of drug-likeness (QED) is 0.846. The number of hydrogen-bond acceptors (Lipinski definition) is 6. The monoisotopic (exact) mass is 334 g/mol. The average Bonchev–Trinajstić information content (AvgIpc) is 2.47. The lowest BCUT2D eigenvalue weighted by atomic mass is 10.2. The standard InChI is InChI=1S/C13H19FN2O3S2/c1-3-21(17,18)13-8-20-5-4-16(13)11-7-12(19-2)9(14)6-10(11)15/h6-7,13H,3-5,8,15H2,1-2H3. The van der Waals surface area contributed by atoms with Crippen LogP contribution in [0.2, 0.25) is 0 Å². The van der Waals surface area contributed by atoms with E-state index in [9.17, 15) is 12.8 Å². The summed E-state index contributed by atoms with van der Waals surface area (Å²) in [5.74, 6) is 0.849. The van der Waals surface area contributed by atoms with Crippen LogP contribution in [0.1, 0.15) is 6.92 Å². The number of benzene rings is 1. The summed E-state index contributed by atoms with van der Waals surface area (Å²) < 4.78 is 43.2. The lowest BCUT2D eigenvalue weighted by Gasteiger charge is -2.37. The Hall–Kier alpha value is -1.15. The van der Waals surface area contributed by atoms with Gasteiger partial charge in [0.2, 0.25) is 0 Å². The van der Waals surface area contributed by atoms with Crippen LogP contribution >= 0.6 is 11.8 Å². The van der Waals surface area contributed by atoms with E-state index in [4.69, 9.17) is 10.5 Å². The van der Waals surface area contributed by atoms with Crippen molar-refractivity contribution in [1.82, 2.24) is 0 Å². The number of rotatable bonds is 4. The molecule has 1 fully saturated rings. The molecule has 0 aliphatic carbocycles. The zero-order chi connectivity index (χ0) is 15.6. The molecule has 0 saturated carbocycles. The zero-order valence-electron chi connectivity index (χ0n) is 12.0. The predicted octanol–water partition coefficient (Wildman–Crippen LogP) is 1.73. The van der Waals surface area contributed by atoms with Gasteiger partial charge in [0.25, 0.3) is 0 Å². The van der Waals surface area contributed by atoms with Crippen LogP contribution in [0, 0.1) is 5.82 Å². The zero-order valence-corrected chi connectivity index (χ0v) is 13.6. The fourth-order valence-electron chi connectivity index (χ4n) is 2.31. The number of nitrogens with zero attached hydrogens (tertiary/aromatic N) is 1. The second kappa shape index (κ2) is 6.31. The van der Waals surface area contributed by atoms with Crippen molar-refractivity contribution in [3.05, 3.63) is 17.9 Å². The molecule has 1 atom stereocenters. The highest BCUT2D eigenvalue weighted by Crippen LogP contribution is 2.35. The van der Waals surface area contributed by atoms with Crippen molar-refractivity contribution in [3.8, 4) is 5.75 Å². The maximum atomic E-state index is 13.6. The second-order valence-electron chi connectivity index (χ2n) is 4.72. The molecule has 1 aromatic rings.